The van der Waals surface area contributed by atoms with Crippen LogP contribution in [0.25, 0.3) is 0 Å². The van der Waals surface area contributed by atoms with Gasteiger partial charge in [0.2, 0.25) is 11.8 Å². The second-order valence-corrected chi connectivity index (χ2v) is 8.83. The fraction of sp³-hybridized carbons (Fsp3) is 0.737. The number of nitrogens with zero attached hydrogens (tertiary/aromatic N) is 4. The van der Waals surface area contributed by atoms with Crippen LogP contribution in [-0.4, -0.2) is 69.8 Å². The molecule has 0 saturated carbocycles. The Kier molecular flexibility index (Phi) is 5.27. The quantitative estimate of drug-likeness (QED) is 0.808. The highest BCUT2D eigenvalue weighted by molar-refractivity contribution is 7.09. The van der Waals surface area contributed by atoms with E-state index in [0.29, 0.717) is 6.42 Å². The van der Waals surface area contributed by atoms with E-state index in [4.69, 9.17) is 0 Å². The number of likely N-dealkylation sites (tertiary alicyclic amines) is 3. The molecule has 3 aliphatic rings. The van der Waals surface area contributed by atoms with Crippen molar-refractivity contribution in [3.05, 3.63) is 16.6 Å². The molecule has 3 aliphatic heterocycles. The molecular weight excluding hydrogens is 348 g/mol. The third kappa shape index (κ3) is 3.64. The summed E-state index contributed by atoms with van der Waals surface area (Å²) < 4.78 is 0. The van der Waals surface area contributed by atoms with Crippen LogP contribution in [0.4, 0.5) is 0 Å². The third-order valence-corrected chi connectivity index (χ3v) is 7.05. The fourth-order valence-corrected chi connectivity index (χ4v) is 5.42. The second kappa shape index (κ2) is 7.64. The van der Waals surface area contributed by atoms with Crippen LogP contribution in [0.3, 0.4) is 0 Å². The van der Waals surface area contributed by atoms with E-state index in [0.717, 1.165) is 76.3 Å². The van der Waals surface area contributed by atoms with Crippen molar-refractivity contribution in [3.8, 4) is 0 Å². The molecule has 0 aliphatic carbocycles. The predicted octanol–water partition coefficient (Wildman–Crippen LogP) is 2.11. The Balaban J connectivity index is 1.42. The van der Waals surface area contributed by atoms with Gasteiger partial charge in [0, 0.05) is 43.2 Å². The van der Waals surface area contributed by atoms with E-state index < -0.39 is 0 Å². The number of aromatic nitrogens is 1. The second-order valence-electron chi connectivity index (χ2n) is 7.85. The first kappa shape index (κ1) is 17.9. The molecule has 6 nitrogen and oxygen atoms in total. The average Bonchev–Trinajstić information content (AvgIpc) is 3.35. The zero-order valence-electron chi connectivity index (χ0n) is 15.4. The van der Waals surface area contributed by atoms with Crippen molar-refractivity contribution in [2.24, 2.45) is 0 Å². The molecule has 1 aromatic heterocycles. The molecule has 0 radical (unpaired) electrons. The minimum absolute atomic E-state index is 0.107. The lowest BCUT2D eigenvalue weighted by Gasteiger charge is -2.38. The summed E-state index contributed by atoms with van der Waals surface area (Å²) in [5.41, 5.74) is -0.107. The van der Waals surface area contributed by atoms with Crippen molar-refractivity contribution in [3.63, 3.8) is 0 Å². The van der Waals surface area contributed by atoms with Crippen molar-refractivity contribution < 1.29 is 9.59 Å². The maximum atomic E-state index is 12.6. The van der Waals surface area contributed by atoms with Crippen LogP contribution in [-0.2, 0) is 16.1 Å². The maximum Gasteiger partial charge on any atom is 0.242 e. The highest BCUT2D eigenvalue weighted by Crippen LogP contribution is 2.39. The normalized spacial score (nSPS) is 27.5. The molecule has 2 amide bonds. The zero-order valence-corrected chi connectivity index (χ0v) is 16.2. The van der Waals surface area contributed by atoms with Crippen molar-refractivity contribution in [2.75, 3.05) is 32.7 Å². The lowest BCUT2D eigenvalue weighted by molar-refractivity contribution is -0.141. The Morgan fingerprint density at radius 1 is 1.12 bits per heavy atom. The summed E-state index contributed by atoms with van der Waals surface area (Å²) in [6.07, 6.45) is 8.61. The standard InChI is InChI=1S/C19H28N4O2S/c24-17-4-6-19(23(17)15-18(25)22-10-1-2-11-22)5-3-9-21(12-7-19)14-16-20-8-13-26-16/h8,13H,1-7,9-12,14-15H2. The molecule has 1 unspecified atom stereocenters. The minimum Gasteiger partial charge on any atom is -0.341 e. The van der Waals surface area contributed by atoms with E-state index in [1.165, 1.54) is 0 Å². The molecule has 26 heavy (non-hydrogen) atoms. The number of thiazole rings is 1. The van der Waals surface area contributed by atoms with Gasteiger partial charge in [0.25, 0.3) is 0 Å². The van der Waals surface area contributed by atoms with Gasteiger partial charge in [-0.3, -0.25) is 14.5 Å². The molecule has 1 spiro atoms. The number of hydrogen-bond acceptors (Lipinski definition) is 5. The first-order valence-electron chi connectivity index (χ1n) is 9.85. The van der Waals surface area contributed by atoms with Crippen LogP contribution >= 0.6 is 11.3 Å². The van der Waals surface area contributed by atoms with Crippen molar-refractivity contribution in [1.82, 2.24) is 19.7 Å². The highest BCUT2D eigenvalue weighted by Gasteiger charge is 2.46. The monoisotopic (exact) mass is 376 g/mol. The van der Waals surface area contributed by atoms with Gasteiger partial charge in [0.15, 0.2) is 0 Å². The molecule has 0 N–H and O–H groups in total. The summed E-state index contributed by atoms with van der Waals surface area (Å²) in [5.74, 6) is 0.312. The van der Waals surface area contributed by atoms with Gasteiger partial charge < -0.3 is 9.80 Å². The molecule has 4 rings (SSSR count). The van der Waals surface area contributed by atoms with Crippen molar-refractivity contribution >= 4 is 23.2 Å². The predicted molar refractivity (Wildman–Crippen MR) is 101 cm³/mol. The summed E-state index contributed by atoms with van der Waals surface area (Å²) >= 11 is 1.70. The van der Waals surface area contributed by atoms with Gasteiger partial charge >= 0.3 is 0 Å². The third-order valence-electron chi connectivity index (χ3n) is 6.28. The molecular formula is C19H28N4O2S. The van der Waals surface area contributed by atoms with Crippen LogP contribution < -0.4 is 0 Å². The van der Waals surface area contributed by atoms with Crippen LogP contribution in [0.2, 0.25) is 0 Å². The molecule has 3 saturated heterocycles. The Hall–Kier alpha value is -1.47. The average molecular weight is 377 g/mol. The Bertz CT molecular complexity index is 644. The topological polar surface area (TPSA) is 56.8 Å². The fourth-order valence-electron chi connectivity index (χ4n) is 4.77. The lowest BCUT2D eigenvalue weighted by atomic mass is 9.87. The van der Waals surface area contributed by atoms with E-state index >= 15 is 0 Å². The molecule has 1 aromatic rings. The van der Waals surface area contributed by atoms with Gasteiger partial charge in [-0.15, -0.1) is 11.3 Å². The van der Waals surface area contributed by atoms with Gasteiger partial charge in [-0.1, -0.05) is 0 Å². The Morgan fingerprint density at radius 3 is 2.73 bits per heavy atom. The molecule has 7 heteroatoms. The summed E-state index contributed by atoms with van der Waals surface area (Å²) in [7, 11) is 0. The summed E-state index contributed by atoms with van der Waals surface area (Å²) in [6, 6.07) is 0. The zero-order chi connectivity index (χ0) is 18.0. The molecule has 1 atom stereocenters. The largest absolute Gasteiger partial charge is 0.341 e. The van der Waals surface area contributed by atoms with Crippen molar-refractivity contribution in [2.45, 2.75) is 57.0 Å². The maximum absolute atomic E-state index is 12.6. The van der Waals surface area contributed by atoms with Crippen LogP contribution in [0.5, 0.6) is 0 Å². The van der Waals surface area contributed by atoms with Gasteiger partial charge in [0.1, 0.15) is 11.6 Å². The lowest BCUT2D eigenvalue weighted by Crippen LogP contribution is -2.51. The smallest absolute Gasteiger partial charge is 0.242 e. The molecule has 4 heterocycles. The highest BCUT2D eigenvalue weighted by atomic mass is 32.1. The van der Waals surface area contributed by atoms with Gasteiger partial charge in [-0.05, 0) is 45.1 Å². The van der Waals surface area contributed by atoms with E-state index in [-0.39, 0.29) is 23.9 Å². The molecule has 142 valence electrons. The van der Waals surface area contributed by atoms with Crippen LogP contribution in [0.1, 0.15) is 50.0 Å². The minimum atomic E-state index is -0.107. The van der Waals surface area contributed by atoms with Crippen LogP contribution in [0, 0.1) is 0 Å². The Labute approximate surface area is 159 Å². The first-order chi connectivity index (χ1) is 12.7. The van der Waals surface area contributed by atoms with E-state index in [1.807, 2.05) is 21.4 Å². The SMILES string of the molecule is O=C(CN1C(=O)CCC12CCCN(Cc1nccs1)CC2)N1CCCC1. The van der Waals surface area contributed by atoms with E-state index in [1.54, 1.807) is 11.3 Å². The number of rotatable bonds is 4. The molecule has 0 aromatic carbocycles. The van der Waals surface area contributed by atoms with Gasteiger partial charge in [-0.25, -0.2) is 4.98 Å². The summed E-state index contributed by atoms with van der Waals surface area (Å²) in [4.78, 5) is 36.0. The van der Waals surface area contributed by atoms with Gasteiger partial charge in [-0.2, -0.15) is 0 Å². The number of amides is 2. The van der Waals surface area contributed by atoms with E-state index in [9.17, 15) is 9.59 Å². The summed E-state index contributed by atoms with van der Waals surface area (Å²) in [5, 5.41) is 3.18. The number of hydrogen-bond donors (Lipinski definition) is 0. The van der Waals surface area contributed by atoms with Crippen molar-refractivity contribution in [1.29, 1.82) is 0 Å². The number of carbonyl (C=O) groups is 2. The summed E-state index contributed by atoms with van der Waals surface area (Å²) in [6.45, 7) is 4.91. The first-order valence-corrected chi connectivity index (χ1v) is 10.7. The molecule has 3 fully saturated rings. The van der Waals surface area contributed by atoms with Gasteiger partial charge in [0.05, 0.1) is 6.54 Å². The van der Waals surface area contributed by atoms with Crippen LogP contribution in [0.15, 0.2) is 11.6 Å². The van der Waals surface area contributed by atoms with E-state index in [2.05, 4.69) is 9.88 Å². The Morgan fingerprint density at radius 2 is 1.96 bits per heavy atom. The molecule has 0 bridgehead atoms. The number of carbonyl (C=O) groups excluding carboxylic acids is 2.